The maximum Gasteiger partial charge on any atom is 0.222 e. The summed E-state index contributed by atoms with van der Waals surface area (Å²) in [5.74, 6) is 1.00. The van der Waals surface area contributed by atoms with Crippen LogP contribution in [0.15, 0.2) is 22.7 Å². The molecular weight excluding hydrogens is 332 g/mol. The highest BCUT2D eigenvalue weighted by molar-refractivity contribution is 9.10. The second kappa shape index (κ2) is 9.05. The number of carbonyl (C=O) groups excluding carboxylic acids is 1. The van der Waals surface area contributed by atoms with Gasteiger partial charge in [0.1, 0.15) is 5.75 Å². The number of benzene rings is 1. The fourth-order valence-electron chi connectivity index (χ4n) is 2.04. The molecule has 1 amide bonds. The van der Waals surface area contributed by atoms with Crippen molar-refractivity contribution in [2.24, 2.45) is 0 Å². The summed E-state index contributed by atoms with van der Waals surface area (Å²) in [6.45, 7) is 5.66. The minimum Gasteiger partial charge on any atom is -0.493 e. The lowest BCUT2D eigenvalue weighted by molar-refractivity contribution is -0.128. The van der Waals surface area contributed by atoms with Crippen molar-refractivity contribution >= 4 is 21.8 Å². The summed E-state index contributed by atoms with van der Waals surface area (Å²) in [7, 11) is 3.54. The Kier molecular flexibility index (Phi) is 7.75. The lowest BCUT2D eigenvalue weighted by atomic mass is 10.1. The van der Waals surface area contributed by atoms with Gasteiger partial charge in [-0.25, -0.2) is 0 Å². The molecule has 0 spiro atoms. The first kappa shape index (κ1) is 18.0. The van der Waals surface area contributed by atoms with Crippen molar-refractivity contribution in [3.8, 4) is 5.75 Å². The van der Waals surface area contributed by atoms with Crippen LogP contribution in [0, 0.1) is 0 Å². The zero-order valence-electron chi connectivity index (χ0n) is 13.3. The third-order valence-electron chi connectivity index (χ3n) is 3.24. The molecule has 0 radical (unpaired) electrons. The number of nitrogens with zero attached hydrogens (tertiary/aromatic N) is 1. The maximum atomic E-state index is 11.5. The Labute approximate surface area is 136 Å². The molecule has 1 unspecified atom stereocenters. The summed E-state index contributed by atoms with van der Waals surface area (Å²) < 4.78 is 6.87. The van der Waals surface area contributed by atoms with Gasteiger partial charge in [-0.2, -0.15) is 0 Å². The predicted octanol–water partition coefficient (Wildman–Crippen LogP) is 3.37. The molecule has 0 fully saturated rings. The summed E-state index contributed by atoms with van der Waals surface area (Å²) in [5, 5.41) is 3.39. The second-order valence-corrected chi connectivity index (χ2v) is 6.12. The van der Waals surface area contributed by atoms with E-state index in [1.165, 1.54) is 0 Å². The largest absolute Gasteiger partial charge is 0.493 e. The lowest BCUT2D eigenvalue weighted by Crippen LogP contribution is -2.22. The molecule has 0 aliphatic heterocycles. The Hall–Kier alpha value is -1.07. The monoisotopic (exact) mass is 356 g/mol. The fourth-order valence-corrected chi connectivity index (χ4v) is 2.38. The van der Waals surface area contributed by atoms with Crippen LogP contribution in [0.2, 0.25) is 0 Å². The molecule has 0 saturated heterocycles. The van der Waals surface area contributed by atoms with E-state index in [-0.39, 0.29) is 11.9 Å². The quantitative estimate of drug-likeness (QED) is 0.726. The van der Waals surface area contributed by atoms with E-state index in [1.54, 1.807) is 19.0 Å². The van der Waals surface area contributed by atoms with Crippen molar-refractivity contribution in [2.45, 2.75) is 32.7 Å². The second-order valence-electron chi connectivity index (χ2n) is 5.20. The van der Waals surface area contributed by atoms with Gasteiger partial charge in [0.05, 0.1) is 6.61 Å². The van der Waals surface area contributed by atoms with E-state index in [1.807, 2.05) is 12.1 Å². The highest BCUT2D eigenvalue weighted by Gasteiger charge is 2.12. The normalized spacial score (nSPS) is 12.0. The molecule has 1 rings (SSSR count). The molecule has 0 aliphatic carbocycles. The highest BCUT2D eigenvalue weighted by atomic mass is 79.9. The Morgan fingerprint density at radius 1 is 1.43 bits per heavy atom. The van der Waals surface area contributed by atoms with Crippen LogP contribution in [-0.4, -0.2) is 38.1 Å². The van der Waals surface area contributed by atoms with E-state index in [0.717, 1.165) is 28.8 Å². The van der Waals surface area contributed by atoms with Gasteiger partial charge >= 0.3 is 0 Å². The Morgan fingerprint density at radius 3 is 2.76 bits per heavy atom. The number of rotatable bonds is 8. The zero-order valence-corrected chi connectivity index (χ0v) is 14.9. The number of nitrogens with one attached hydrogen (secondary N) is 1. The first-order valence-corrected chi connectivity index (χ1v) is 8.10. The average Bonchev–Trinajstić information content (AvgIpc) is 2.43. The Morgan fingerprint density at radius 2 is 2.14 bits per heavy atom. The highest BCUT2D eigenvalue weighted by Crippen LogP contribution is 2.28. The van der Waals surface area contributed by atoms with Gasteiger partial charge in [-0.3, -0.25) is 4.79 Å². The minimum absolute atomic E-state index is 0.133. The SMILES string of the molecule is CCNC(C)c1ccc(Br)cc1OCCCC(=O)N(C)C. The predicted molar refractivity (Wildman–Crippen MR) is 89.7 cm³/mol. The Balaban J connectivity index is 2.60. The van der Waals surface area contributed by atoms with E-state index < -0.39 is 0 Å². The van der Waals surface area contributed by atoms with Gasteiger partial charge in [-0.1, -0.05) is 28.9 Å². The van der Waals surface area contributed by atoms with Crippen LogP contribution in [0.3, 0.4) is 0 Å². The van der Waals surface area contributed by atoms with Gasteiger partial charge in [-0.05, 0) is 32.0 Å². The van der Waals surface area contributed by atoms with Gasteiger partial charge in [0, 0.05) is 36.6 Å². The maximum absolute atomic E-state index is 11.5. The van der Waals surface area contributed by atoms with E-state index in [4.69, 9.17) is 4.74 Å². The zero-order chi connectivity index (χ0) is 15.8. The number of amides is 1. The van der Waals surface area contributed by atoms with Crippen LogP contribution < -0.4 is 10.1 Å². The molecule has 0 aliphatic rings. The van der Waals surface area contributed by atoms with E-state index in [2.05, 4.69) is 41.2 Å². The third kappa shape index (κ3) is 6.06. The van der Waals surface area contributed by atoms with E-state index in [9.17, 15) is 4.79 Å². The molecule has 0 aromatic heterocycles. The average molecular weight is 357 g/mol. The van der Waals surface area contributed by atoms with Crippen molar-refractivity contribution < 1.29 is 9.53 Å². The first-order valence-electron chi connectivity index (χ1n) is 7.31. The number of hydrogen-bond acceptors (Lipinski definition) is 3. The van der Waals surface area contributed by atoms with Gasteiger partial charge < -0.3 is 15.0 Å². The molecule has 21 heavy (non-hydrogen) atoms. The molecular formula is C16H25BrN2O2. The van der Waals surface area contributed by atoms with Crippen molar-refractivity contribution in [3.63, 3.8) is 0 Å². The van der Waals surface area contributed by atoms with Gasteiger partial charge in [0.2, 0.25) is 5.91 Å². The molecule has 5 heteroatoms. The van der Waals surface area contributed by atoms with Gasteiger partial charge in [0.25, 0.3) is 0 Å². The molecule has 1 aromatic rings. The van der Waals surface area contributed by atoms with E-state index >= 15 is 0 Å². The fraction of sp³-hybridized carbons (Fsp3) is 0.562. The molecule has 0 heterocycles. The number of carbonyl (C=O) groups is 1. The number of halogens is 1. The van der Waals surface area contributed by atoms with Crippen LogP contribution >= 0.6 is 15.9 Å². The minimum atomic E-state index is 0.133. The van der Waals surface area contributed by atoms with Crippen LogP contribution in [0.4, 0.5) is 0 Å². The van der Waals surface area contributed by atoms with Gasteiger partial charge in [0.15, 0.2) is 0 Å². The van der Waals surface area contributed by atoms with E-state index in [0.29, 0.717) is 13.0 Å². The summed E-state index contributed by atoms with van der Waals surface area (Å²) in [4.78, 5) is 13.1. The first-order chi connectivity index (χ1) is 9.95. The molecule has 4 nitrogen and oxygen atoms in total. The molecule has 118 valence electrons. The van der Waals surface area contributed by atoms with Crippen molar-refractivity contribution in [1.82, 2.24) is 10.2 Å². The summed E-state index contributed by atoms with van der Waals surface area (Å²) in [5.41, 5.74) is 1.14. The smallest absolute Gasteiger partial charge is 0.222 e. The summed E-state index contributed by atoms with van der Waals surface area (Å²) >= 11 is 3.47. The van der Waals surface area contributed by atoms with Crippen LogP contribution in [0.25, 0.3) is 0 Å². The van der Waals surface area contributed by atoms with Crippen molar-refractivity contribution in [3.05, 3.63) is 28.2 Å². The van der Waals surface area contributed by atoms with Gasteiger partial charge in [-0.15, -0.1) is 0 Å². The lowest BCUT2D eigenvalue weighted by Gasteiger charge is -2.18. The number of hydrogen-bond donors (Lipinski definition) is 1. The van der Waals surface area contributed by atoms with Crippen molar-refractivity contribution in [1.29, 1.82) is 0 Å². The molecule has 0 saturated carbocycles. The summed E-state index contributed by atoms with van der Waals surface area (Å²) in [6.07, 6.45) is 1.23. The summed E-state index contributed by atoms with van der Waals surface area (Å²) in [6, 6.07) is 6.31. The molecule has 1 atom stereocenters. The topological polar surface area (TPSA) is 41.6 Å². The molecule has 0 bridgehead atoms. The van der Waals surface area contributed by atoms with Crippen molar-refractivity contribution in [2.75, 3.05) is 27.2 Å². The third-order valence-corrected chi connectivity index (χ3v) is 3.74. The molecule has 1 aromatic carbocycles. The number of ether oxygens (including phenoxy) is 1. The molecule has 1 N–H and O–H groups in total. The Bertz CT molecular complexity index is 464. The van der Waals surface area contributed by atoms with Crippen LogP contribution in [0.5, 0.6) is 5.75 Å². The standard InChI is InChI=1S/C16H25BrN2O2/c1-5-18-12(2)14-9-8-13(17)11-15(14)21-10-6-7-16(20)19(3)4/h8-9,11-12,18H,5-7,10H2,1-4H3. The van der Waals surface area contributed by atoms with Crippen LogP contribution in [0.1, 0.15) is 38.3 Å². The van der Waals surface area contributed by atoms with Crippen LogP contribution in [-0.2, 0) is 4.79 Å².